The van der Waals surface area contributed by atoms with Crippen LogP contribution in [0.4, 0.5) is 18.0 Å². The van der Waals surface area contributed by atoms with Crippen LogP contribution in [0.15, 0.2) is 28.7 Å². The Morgan fingerprint density at radius 3 is 2.05 bits per heavy atom. The molecule has 0 saturated heterocycles. The second kappa shape index (κ2) is 6.25. The number of hydrogen-bond donors (Lipinski definition) is 0. The SMILES string of the molecule is CN(C(=O)OC(C)(C)C)C(c1ccc(Br)cc1)C(F)(F)F. The van der Waals surface area contributed by atoms with Crippen molar-refractivity contribution < 1.29 is 22.7 Å². The summed E-state index contributed by atoms with van der Waals surface area (Å²) >= 11 is 3.16. The summed E-state index contributed by atoms with van der Waals surface area (Å²) in [6, 6.07) is 3.58. The van der Waals surface area contributed by atoms with Crippen LogP contribution >= 0.6 is 15.9 Å². The third kappa shape index (κ3) is 5.22. The summed E-state index contributed by atoms with van der Waals surface area (Å²) in [6.07, 6.45) is -5.62. The maximum absolute atomic E-state index is 13.3. The number of rotatable bonds is 2. The number of benzene rings is 1. The van der Waals surface area contributed by atoms with Gasteiger partial charge in [-0.3, -0.25) is 4.90 Å². The summed E-state index contributed by atoms with van der Waals surface area (Å²) in [5.41, 5.74) is -0.889. The molecule has 7 heteroatoms. The van der Waals surface area contributed by atoms with Gasteiger partial charge in [0.05, 0.1) is 0 Å². The smallest absolute Gasteiger partial charge is 0.413 e. The molecule has 118 valence electrons. The zero-order valence-electron chi connectivity index (χ0n) is 12.2. The molecular weight excluding hydrogens is 351 g/mol. The molecule has 0 saturated carbocycles. The van der Waals surface area contributed by atoms with Crippen molar-refractivity contribution >= 4 is 22.0 Å². The van der Waals surface area contributed by atoms with E-state index in [4.69, 9.17) is 4.74 Å². The van der Waals surface area contributed by atoms with Gasteiger partial charge in [-0.05, 0) is 38.5 Å². The average Bonchev–Trinajstić information content (AvgIpc) is 2.27. The third-order valence-electron chi connectivity index (χ3n) is 2.56. The standard InChI is InChI=1S/C14H17BrF3NO2/c1-13(2,3)21-12(20)19(4)11(14(16,17)18)9-5-7-10(15)8-6-9/h5-8,11H,1-4H3. The van der Waals surface area contributed by atoms with Crippen LogP contribution in [0, 0.1) is 0 Å². The molecule has 1 unspecified atom stereocenters. The number of carbonyl (C=O) groups is 1. The van der Waals surface area contributed by atoms with Gasteiger partial charge < -0.3 is 4.74 Å². The molecule has 0 aromatic heterocycles. The maximum Gasteiger partial charge on any atom is 0.413 e. The number of carbonyl (C=O) groups excluding carboxylic acids is 1. The molecule has 0 fully saturated rings. The maximum atomic E-state index is 13.3. The Bertz CT molecular complexity index is 494. The molecule has 1 atom stereocenters. The van der Waals surface area contributed by atoms with Gasteiger partial charge in [0.2, 0.25) is 0 Å². The van der Waals surface area contributed by atoms with Crippen molar-refractivity contribution in [3.63, 3.8) is 0 Å². The molecule has 1 rings (SSSR count). The van der Waals surface area contributed by atoms with E-state index < -0.39 is 23.9 Å². The average molecular weight is 368 g/mol. The van der Waals surface area contributed by atoms with Crippen molar-refractivity contribution in [3.8, 4) is 0 Å². The number of amides is 1. The van der Waals surface area contributed by atoms with E-state index in [2.05, 4.69) is 15.9 Å². The second-order valence-corrected chi connectivity index (χ2v) is 6.50. The molecule has 0 aliphatic carbocycles. The molecule has 3 nitrogen and oxygen atoms in total. The number of ether oxygens (including phenoxy) is 1. The highest BCUT2D eigenvalue weighted by Gasteiger charge is 2.46. The topological polar surface area (TPSA) is 29.5 Å². The molecule has 0 aliphatic rings. The van der Waals surface area contributed by atoms with Gasteiger partial charge in [0.1, 0.15) is 5.60 Å². The van der Waals surface area contributed by atoms with E-state index in [0.29, 0.717) is 9.37 Å². The van der Waals surface area contributed by atoms with Gasteiger partial charge in [-0.25, -0.2) is 4.79 Å². The first-order valence-corrected chi connectivity index (χ1v) is 6.99. The number of hydrogen-bond acceptors (Lipinski definition) is 2. The van der Waals surface area contributed by atoms with E-state index >= 15 is 0 Å². The van der Waals surface area contributed by atoms with E-state index in [0.717, 1.165) is 7.05 Å². The van der Waals surface area contributed by atoms with Crippen molar-refractivity contribution in [2.45, 2.75) is 38.6 Å². The molecule has 0 aliphatic heterocycles. The Morgan fingerprint density at radius 1 is 1.19 bits per heavy atom. The zero-order chi connectivity index (χ0) is 16.4. The summed E-state index contributed by atoms with van der Waals surface area (Å²) in [6.45, 7) is 4.79. The lowest BCUT2D eigenvalue weighted by Gasteiger charge is -2.32. The number of alkyl halides is 3. The van der Waals surface area contributed by atoms with Crippen LogP contribution < -0.4 is 0 Å². The van der Waals surface area contributed by atoms with E-state index in [1.807, 2.05) is 0 Å². The van der Waals surface area contributed by atoms with Gasteiger partial charge in [-0.1, -0.05) is 28.1 Å². The normalized spacial score (nSPS) is 13.7. The quantitative estimate of drug-likeness (QED) is 0.742. The zero-order valence-corrected chi connectivity index (χ0v) is 13.7. The number of nitrogens with zero attached hydrogens (tertiary/aromatic N) is 1. The Balaban J connectivity index is 3.09. The molecule has 0 spiro atoms. The number of halogens is 4. The molecule has 0 heterocycles. The molecular formula is C14H17BrF3NO2. The van der Waals surface area contributed by atoms with Crippen LogP contribution in [0.5, 0.6) is 0 Å². The summed E-state index contributed by atoms with van der Waals surface area (Å²) in [5.74, 6) is 0. The van der Waals surface area contributed by atoms with Gasteiger partial charge in [-0.15, -0.1) is 0 Å². The Hall–Kier alpha value is -1.24. The molecule has 1 aromatic carbocycles. The fourth-order valence-electron chi connectivity index (χ4n) is 1.72. The van der Waals surface area contributed by atoms with Crippen LogP contribution in [0.2, 0.25) is 0 Å². The lowest BCUT2D eigenvalue weighted by atomic mass is 10.1. The molecule has 1 amide bonds. The highest BCUT2D eigenvalue weighted by Crippen LogP contribution is 2.37. The minimum Gasteiger partial charge on any atom is -0.444 e. The molecule has 0 bridgehead atoms. The minimum atomic E-state index is -4.60. The summed E-state index contributed by atoms with van der Waals surface area (Å²) in [4.78, 5) is 12.4. The lowest BCUT2D eigenvalue weighted by molar-refractivity contribution is -0.180. The van der Waals surface area contributed by atoms with Crippen molar-refractivity contribution in [1.82, 2.24) is 4.90 Å². The summed E-state index contributed by atoms with van der Waals surface area (Å²) < 4.78 is 45.5. The first kappa shape index (κ1) is 17.8. The van der Waals surface area contributed by atoms with Crippen LogP contribution in [0.25, 0.3) is 0 Å². The first-order chi connectivity index (χ1) is 9.42. The Kier molecular flexibility index (Phi) is 5.30. The fourth-order valence-corrected chi connectivity index (χ4v) is 1.98. The van der Waals surface area contributed by atoms with E-state index in [-0.39, 0.29) is 5.56 Å². The van der Waals surface area contributed by atoms with Crippen LogP contribution in [0.3, 0.4) is 0 Å². The Morgan fingerprint density at radius 2 is 1.67 bits per heavy atom. The molecule has 0 radical (unpaired) electrons. The van der Waals surface area contributed by atoms with Crippen molar-refractivity contribution in [1.29, 1.82) is 0 Å². The van der Waals surface area contributed by atoms with Gasteiger partial charge in [0.25, 0.3) is 0 Å². The minimum absolute atomic E-state index is 0.0286. The largest absolute Gasteiger partial charge is 0.444 e. The van der Waals surface area contributed by atoms with E-state index in [1.165, 1.54) is 24.3 Å². The van der Waals surface area contributed by atoms with Crippen molar-refractivity contribution in [2.24, 2.45) is 0 Å². The van der Waals surface area contributed by atoms with Crippen molar-refractivity contribution in [3.05, 3.63) is 34.3 Å². The lowest BCUT2D eigenvalue weighted by Crippen LogP contribution is -2.42. The van der Waals surface area contributed by atoms with Gasteiger partial charge in [0, 0.05) is 11.5 Å². The summed E-state index contributed by atoms with van der Waals surface area (Å²) in [7, 11) is 1.08. The highest BCUT2D eigenvalue weighted by atomic mass is 79.9. The van der Waals surface area contributed by atoms with Crippen molar-refractivity contribution in [2.75, 3.05) is 7.05 Å². The Labute approximate surface area is 130 Å². The summed E-state index contributed by atoms with van der Waals surface area (Å²) in [5, 5.41) is 0. The van der Waals surface area contributed by atoms with Gasteiger partial charge in [0.15, 0.2) is 6.04 Å². The van der Waals surface area contributed by atoms with Crippen LogP contribution in [-0.2, 0) is 4.74 Å². The molecule has 0 N–H and O–H groups in total. The monoisotopic (exact) mass is 367 g/mol. The molecule has 21 heavy (non-hydrogen) atoms. The van der Waals surface area contributed by atoms with E-state index in [9.17, 15) is 18.0 Å². The highest BCUT2D eigenvalue weighted by molar-refractivity contribution is 9.10. The van der Waals surface area contributed by atoms with E-state index in [1.54, 1.807) is 20.8 Å². The van der Waals surface area contributed by atoms with Gasteiger partial charge in [-0.2, -0.15) is 13.2 Å². The second-order valence-electron chi connectivity index (χ2n) is 5.59. The van der Waals surface area contributed by atoms with Gasteiger partial charge >= 0.3 is 12.3 Å². The van der Waals surface area contributed by atoms with Crippen LogP contribution in [0.1, 0.15) is 32.4 Å². The first-order valence-electron chi connectivity index (χ1n) is 6.20. The van der Waals surface area contributed by atoms with Crippen LogP contribution in [-0.4, -0.2) is 29.8 Å². The fraction of sp³-hybridized carbons (Fsp3) is 0.500. The predicted octanol–water partition coefficient (Wildman–Crippen LogP) is 4.92. The molecule has 1 aromatic rings. The third-order valence-corrected chi connectivity index (χ3v) is 3.09. The predicted molar refractivity (Wildman–Crippen MR) is 76.9 cm³/mol.